The van der Waals surface area contributed by atoms with Crippen molar-refractivity contribution in [3.63, 3.8) is 0 Å². The van der Waals surface area contributed by atoms with E-state index in [1.807, 2.05) is 50.2 Å². The van der Waals surface area contributed by atoms with Crippen LogP contribution in [0.1, 0.15) is 36.5 Å². The number of nitro groups is 1. The minimum Gasteiger partial charge on any atom is -0.490 e. The fourth-order valence-corrected chi connectivity index (χ4v) is 5.41. The zero-order valence-corrected chi connectivity index (χ0v) is 19.6. The van der Waals surface area contributed by atoms with E-state index in [-0.39, 0.29) is 11.0 Å². The van der Waals surface area contributed by atoms with Gasteiger partial charge in [-0.3, -0.25) is 20.2 Å². The highest BCUT2D eigenvalue weighted by atomic mass is 16.6. The van der Waals surface area contributed by atoms with Crippen LogP contribution in [0, 0.1) is 10.1 Å². The molecular formula is C27H27N3O5. The van der Waals surface area contributed by atoms with Crippen molar-refractivity contribution in [3.8, 4) is 11.5 Å². The van der Waals surface area contributed by atoms with Gasteiger partial charge in [0.15, 0.2) is 17.0 Å². The molecule has 0 unspecified atom stereocenters. The standard InChI is InChI=1S/C27H27N3O5/c1-3-34-23-15-19(13-14-22(23)35-16-18-9-5-4-6-10-18)24-17(2)29-27(25(24)30(32)33)20-11-7-8-12-21(20)28-26(27)31/h4-15,17,24-25,29H,3,16H2,1-2H3,(H,28,31)/t17-,24-,25-,27-/m0/s1. The largest absolute Gasteiger partial charge is 0.490 e. The van der Waals surface area contributed by atoms with Gasteiger partial charge in [0.05, 0.1) is 12.5 Å². The fourth-order valence-electron chi connectivity index (χ4n) is 5.41. The Labute approximate surface area is 203 Å². The molecule has 0 radical (unpaired) electrons. The predicted molar refractivity (Wildman–Crippen MR) is 131 cm³/mol. The van der Waals surface area contributed by atoms with Gasteiger partial charge in [-0.1, -0.05) is 54.6 Å². The monoisotopic (exact) mass is 473 g/mol. The van der Waals surface area contributed by atoms with Crippen LogP contribution in [0.4, 0.5) is 5.69 Å². The highest BCUT2D eigenvalue weighted by Gasteiger charge is 2.67. The third-order valence-corrected chi connectivity index (χ3v) is 6.85. The molecule has 3 aromatic carbocycles. The first kappa shape index (κ1) is 22.9. The third kappa shape index (κ3) is 3.80. The summed E-state index contributed by atoms with van der Waals surface area (Å²) in [6, 6.07) is 20.8. The van der Waals surface area contributed by atoms with Gasteiger partial charge >= 0.3 is 0 Å². The maximum atomic E-state index is 13.2. The number of anilines is 1. The maximum Gasteiger partial charge on any atom is 0.256 e. The van der Waals surface area contributed by atoms with Crippen LogP contribution in [0.25, 0.3) is 0 Å². The molecule has 1 amide bonds. The molecule has 8 heteroatoms. The normalized spacial score (nSPS) is 24.7. The molecule has 3 aromatic rings. The number of nitrogens with one attached hydrogen (secondary N) is 2. The van der Waals surface area contributed by atoms with Gasteiger partial charge in [0, 0.05) is 22.2 Å². The van der Waals surface area contributed by atoms with Gasteiger partial charge in [0.25, 0.3) is 11.9 Å². The van der Waals surface area contributed by atoms with Crippen LogP contribution < -0.4 is 20.1 Å². The smallest absolute Gasteiger partial charge is 0.256 e. The highest BCUT2D eigenvalue weighted by Crippen LogP contribution is 2.50. The number of para-hydroxylation sites is 1. The van der Waals surface area contributed by atoms with Crippen LogP contribution in [0.2, 0.25) is 0 Å². The molecule has 35 heavy (non-hydrogen) atoms. The minimum absolute atomic E-state index is 0.330. The van der Waals surface area contributed by atoms with Gasteiger partial charge in [-0.25, -0.2) is 0 Å². The lowest BCUT2D eigenvalue weighted by molar-refractivity contribution is -0.532. The summed E-state index contributed by atoms with van der Waals surface area (Å²) in [4.78, 5) is 25.4. The molecule has 1 fully saturated rings. The summed E-state index contributed by atoms with van der Waals surface area (Å²) in [6.07, 6.45) is 0. The summed E-state index contributed by atoms with van der Waals surface area (Å²) < 4.78 is 11.9. The second-order valence-corrected chi connectivity index (χ2v) is 8.91. The molecule has 2 heterocycles. The second kappa shape index (κ2) is 9.03. The lowest BCUT2D eigenvalue weighted by Crippen LogP contribution is -2.54. The number of carbonyl (C=O) groups excluding carboxylic acids is 1. The van der Waals surface area contributed by atoms with E-state index in [4.69, 9.17) is 9.47 Å². The number of hydrogen-bond acceptors (Lipinski definition) is 6. The molecule has 2 N–H and O–H groups in total. The Morgan fingerprint density at radius 3 is 2.49 bits per heavy atom. The summed E-state index contributed by atoms with van der Waals surface area (Å²) >= 11 is 0. The first-order valence-corrected chi connectivity index (χ1v) is 11.7. The molecule has 5 rings (SSSR count). The Balaban J connectivity index is 1.52. The third-order valence-electron chi connectivity index (χ3n) is 6.85. The van der Waals surface area contributed by atoms with E-state index in [0.717, 1.165) is 11.1 Å². The number of benzene rings is 3. The minimum atomic E-state index is -1.45. The van der Waals surface area contributed by atoms with Crippen molar-refractivity contribution in [3.05, 3.63) is 99.6 Å². The van der Waals surface area contributed by atoms with Gasteiger partial charge in [-0.05, 0) is 43.2 Å². The van der Waals surface area contributed by atoms with E-state index in [1.54, 1.807) is 36.4 Å². The zero-order valence-electron chi connectivity index (χ0n) is 19.6. The number of rotatable bonds is 7. The van der Waals surface area contributed by atoms with Crippen LogP contribution >= 0.6 is 0 Å². The van der Waals surface area contributed by atoms with Gasteiger partial charge in [0.1, 0.15) is 6.61 Å². The molecular weight excluding hydrogens is 446 g/mol. The Kier molecular flexibility index (Phi) is 5.90. The van der Waals surface area contributed by atoms with Crippen LogP contribution in [-0.4, -0.2) is 29.5 Å². The molecule has 1 saturated heterocycles. The molecule has 2 aliphatic rings. The summed E-state index contributed by atoms with van der Waals surface area (Å²) in [6.45, 7) is 4.55. The van der Waals surface area contributed by atoms with Crippen molar-refractivity contribution in [2.75, 3.05) is 11.9 Å². The fraction of sp³-hybridized carbons (Fsp3) is 0.296. The molecule has 0 saturated carbocycles. The van der Waals surface area contributed by atoms with Crippen LogP contribution in [0.3, 0.4) is 0 Å². The van der Waals surface area contributed by atoms with E-state index >= 15 is 0 Å². The number of hydrogen-bond donors (Lipinski definition) is 2. The average molecular weight is 474 g/mol. The first-order chi connectivity index (χ1) is 17.0. The molecule has 0 bridgehead atoms. The van der Waals surface area contributed by atoms with Gasteiger partial charge in [0.2, 0.25) is 0 Å². The Morgan fingerprint density at radius 1 is 1.00 bits per heavy atom. The first-order valence-electron chi connectivity index (χ1n) is 11.7. The summed E-state index contributed by atoms with van der Waals surface area (Å²) in [7, 11) is 0. The molecule has 8 nitrogen and oxygen atoms in total. The van der Waals surface area contributed by atoms with E-state index in [2.05, 4.69) is 10.6 Å². The van der Waals surface area contributed by atoms with Crippen LogP contribution in [0.15, 0.2) is 72.8 Å². The molecule has 0 aromatic heterocycles. The van der Waals surface area contributed by atoms with Crippen molar-refractivity contribution in [1.82, 2.24) is 5.32 Å². The summed E-state index contributed by atoms with van der Waals surface area (Å²) in [5.41, 5.74) is 1.50. The summed E-state index contributed by atoms with van der Waals surface area (Å²) in [5.74, 6) is 0.119. The van der Waals surface area contributed by atoms with E-state index in [0.29, 0.717) is 36.0 Å². The number of ether oxygens (including phenoxy) is 2. The quantitative estimate of drug-likeness (QED) is 0.393. The molecule has 0 aliphatic carbocycles. The SMILES string of the molecule is CCOc1cc([C@@H]2[C@H](C)N[C@]3(C(=O)Nc4ccccc43)[C@H]2[N+](=O)[O-])ccc1OCc1ccccc1. The van der Waals surface area contributed by atoms with Crippen molar-refractivity contribution in [1.29, 1.82) is 0 Å². The Bertz CT molecular complexity index is 1260. The Hall–Kier alpha value is -3.91. The van der Waals surface area contributed by atoms with E-state index in [9.17, 15) is 14.9 Å². The van der Waals surface area contributed by atoms with Gasteiger partial charge in [-0.15, -0.1) is 0 Å². The highest BCUT2D eigenvalue weighted by molar-refractivity contribution is 6.07. The van der Waals surface area contributed by atoms with Crippen molar-refractivity contribution >= 4 is 11.6 Å². The number of amides is 1. The lowest BCUT2D eigenvalue weighted by atomic mass is 9.78. The topological polar surface area (TPSA) is 103 Å². The number of carbonyl (C=O) groups is 1. The molecule has 4 atom stereocenters. The van der Waals surface area contributed by atoms with Gasteiger partial charge < -0.3 is 14.8 Å². The molecule has 180 valence electrons. The van der Waals surface area contributed by atoms with E-state index in [1.165, 1.54) is 0 Å². The van der Waals surface area contributed by atoms with Crippen molar-refractivity contribution < 1.29 is 19.2 Å². The number of fused-ring (bicyclic) bond motifs is 2. The van der Waals surface area contributed by atoms with Crippen molar-refractivity contribution in [2.45, 2.75) is 44.0 Å². The lowest BCUT2D eigenvalue weighted by Gasteiger charge is -2.25. The van der Waals surface area contributed by atoms with Crippen LogP contribution in [0.5, 0.6) is 11.5 Å². The van der Waals surface area contributed by atoms with Crippen molar-refractivity contribution in [2.24, 2.45) is 0 Å². The van der Waals surface area contributed by atoms with Crippen LogP contribution in [-0.2, 0) is 16.9 Å². The second-order valence-electron chi connectivity index (χ2n) is 8.91. The average Bonchev–Trinajstić information content (AvgIpc) is 3.32. The maximum absolute atomic E-state index is 13.2. The van der Waals surface area contributed by atoms with Gasteiger partial charge in [-0.2, -0.15) is 0 Å². The summed E-state index contributed by atoms with van der Waals surface area (Å²) in [5, 5.41) is 18.6. The predicted octanol–water partition coefficient (Wildman–Crippen LogP) is 4.23. The molecule has 2 aliphatic heterocycles. The zero-order chi connectivity index (χ0) is 24.6. The molecule has 1 spiro atoms. The Morgan fingerprint density at radius 2 is 1.74 bits per heavy atom. The van der Waals surface area contributed by atoms with E-state index < -0.39 is 23.4 Å². The number of nitrogens with zero attached hydrogens (tertiary/aromatic N) is 1.